The molecule has 4 rings (SSSR count). The Morgan fingerprint density at radius 2 is 1.33 bits per heavy atom. The fourth-order valence-electron chi connectivity index (χ4n) is 3.06. The van der Waals surface area contributed by atoms with Gasteiger partial charge in [-0.3, -0.25) is 0 Å². The maximum Gasteiger partial charge on any atom is 0.422 e. The highest BCUT2D eigenvalue weighted by molar-refractivity contribution is 7.50. The lowest BCUT2D eigenvalue weighted by molar-refractivity contribution is -0.161. The van der Waals surface area contributed by atoms with E-state index in [1.54, 1.807) is 12.1 Å². The molecule has 0 saturated carbocycles. The Kier molecular flexibility index (Phi) is 4.36. The fraction of sp³-hybridized carbons (Fsp3) is 0.0952. The number of halogens is 3. The molecule has 0 atom stereocenters. The average molecular weight is 387 g/mol. The number of hydrogen-bond donors (Lipinski definition) is 0. The predicted molar refractivity (Wildman–Crippen MR) is 102 cm³/mol. The second-order valence-corrected chi connectivity index (χ2v) is 7.98. The smallest absolute Gasteiger partial charge is 0.422 e. The van der Waals surface area contributed by atoms with E-state index in [-0.39, 0.29) is 16.0 Å². The number of ether oxygens (including phenoxy) is 1. The molecule has 0 unspecified atom stereocenters. The first kappa shape index (κ1) is 17.5. The van der Waals surface area contributed by atoms with E-state index in [9.17, 15) is 18.0 Å². The van der Waals surface area contributed by atoms with Crippen LogP contribution in [0.3, 0.4) is 0 Å². The Balaban J connectivity index is 1.73. The van der Waals surface area contributed by atoms with E-state index in [4.69, 9.17) is 0 Å². The Labute approximate surface area is 155 Å². The van der Waals surface area contributed by atoms with Gasteiger partial charge in [0.1, 0.15) is 0 Å². The van der Waals surface area contributed by atoms with Crippen LogP contribution in [0.2, 0.25) is 0 Å². The first-order valence-corrected chi connectivity index (χ1v) is 9.43. The minimum Gasteiger partial charge on any atom is -0.452 e. The number of alkyl halides is 3. The fourth-order valence-corrected chi connectivity index (χ4v) is 5.44. The predicted octanol–water partition coefficient (Wildman–Crippen LogP) is 6.45. The number of benzene rings is 3. The highest BCUT2D eigenvalue weighted by Gasteiger charge is 2.30. The van der Waals surface area contributed by atoms with Gasteiger partial charge < -0.3 is 4.74 Å². The third kappa shape index (κ3) is 3.40. The van der Waals surface area contributed by atoms with E-state index >= 15 is 0 Å². The topological polar surface area (TPSA) is 26.3 Å². The summed E-state index contributed by atoms with van der Waals surface area (Å²) in [6.07, 6.45) is -4.53. The van der Waals surface area contributed by atoms with Gasteiger partial charge in [0, 0.05) is 21.2 Å². The maximum atomic E-state index is 12.2. The summed E-state index contributed by atoms with van der Waals surface area (Å²) in [6.45, 7) is -1.58. The first-order chi connectivity index (χ1) is 12.9. The van der Waals surface area contributed by atoms with Crippen LogP contribution in [-0.4, -0.2) is 18.8 Å². The van der Waals surface area contributed by atoms with Crippen molar-refractivity contribution in [3.63, 3.8) is 0 Å². The van der Waals surface area contributed by atoms with Gasteiger partial charge >= 0.3 is 12.1 Å². The van der Waals surface area contributed by atoms with Crippen molar-refractivity contribution < 1.29 is 22.7 Å². The molecule has 27 heavy (non-hydrogen) atoms. The van der Waals surface area contributed by atoms with Crippen molar-refractivity contribution in [1.82, 2.24) is 0 Å². The molecule has 4 aromatic rings. The van der Waals surface area contributed by atoms with Crippen molar-refractivity contribution in [2.75, 3.05) is 6.61 Å². The summed E-state index contributed by atoms with van der Waals surface area (Å²) in [4.78, 5) is 12.8. The highest BCUT2D eigenvalue weighted by atomic mass is 32.2. The van der Waals surface area contributed by atoms with Gasteiger partial charge in [0.05, 0.1) is 5.56 Å². The van der Waals surface area contributed by atoms with E-state index in [2.05, 4.69) is 29.0 Å². The van der Waals surface area contributed by atoms with Gasteiger partial charge in [0.15, 0.2) is 20.9 Å². The number of rotatable bonds is 3. The molecule has 0 bridgehead atoms. The largest absolute Gasteiger partial charge is 0.452 e. The molecule has 1 aromatic heterocycles. The van der Waals surface area contributed by atoms with Crippen LogP contribution in [-0.2, 0) is 4.74 Å². The lowest BCUT2D eigenvalue weighted by atomic mass is 10.2. The van der Waals surface area contributed by atoms with Crippen molar-refractivity contribution >= 4 is 36.6 Å². The van der Waals surface area contributed by atoms with Crippen LogP contribution < -0.4 is 0 Å². The number of carbonyl (C=O) groups excluding carboxylic acids is 1. The normalized spacial score (nSPS) is 11.8. The van der Waals surface area contributed by atoms with Gasteiger partial charge in [-0.2, -0.15) is 13.2 Å². The van der Waals surface area contributed by atoms with E-state index in [1.807, 2.05) is 24.3 Å². The Morgan fingerprint density at radius 3 is 1.85 bits per heavy atom. The number of esters is 1. The van der Waals surface area contributed by atoms with Crippen LogP contribution in [0.4, 0.5) is 13.2 Å². The Hall–Kier alpha value is -2.86. The lowest BCUT2D eigenvalue weighted by Crippen LogP contribution is -2.20. The number of carbonyl (C=O) groups is 1. The first-order valence-electron chi connectivity index (χ1n) is 8.21. The standard InChI is InChI=1S/C21H14F3O2S/c22-21(23,24)13-26-20(25)14-9-11-15(12-10-14)27-18-7-3-1-5-16(18)17-6-2-4-8-19(17)27/h1-12H,13H2/q+1. The molecule has 136 valence electrons. The summed E-state index contributed by atoms with van der Waals surface area (Å²) >= 11 is 0. The lowest BCUT2D eigenvalue weighted by Gasteiger charge is -2.07. The summed E-state index contributed by atoms with van der Waals surface area (Å²) in [5, 5.41) is 2.37. The highest BCUT2D eigenvalue weighted by Crippen LogP contribution is 2.48. The third-order valence-corrected chi connectivity index (χ3v) is 6.53. The third-order valence-electron chi connectivity index (χ3n) is 4.20. The summed E-state index contributed by atoms with van der Waals surface area (Å²) in [6, 6.07) is 22.9. The molecule has 0 saturated heterocycles. The second kappa shape index (κ2) is 6.70. The van der Waals surface area contributed by atoms with E-state index in [0.717, 1.165) is 4.90 Å². The van der Waals surface area contributed by atoms with Gasteiger partial charge in [0.25, 0.3) is 0 Å². The minimum atomic E-state index is -4.53. The second-order valence-electron chi connectivity index (χ2n) is 6.01. The number of thiophene rings is 1. The van der Waals surface area contributed by atoms with Gasteiger partial charge in [-0.05, 0) is 48.5 Å². The Morgan fingerprint density at radius 1 is 0.815 bits per heavy atom. The van der Waals surface area contributed by atoms with Gasteiger partial charge in [0.2, 0.25) is 0 Å². The summed E-state index contributed by atoms with van der Waals surface area (Å²) in [5.41, 5.74) is 0.104. The average Bonchev–Trinajstić information content (AvgIpc) is 3.00. The van der Waals surface area contributed by atoms with E-state index < -0.39 is 18.8 Å². The summed E-state index contributed by atoms with van der Waals surface area (Å²) < 4.78 is 43.3. The molecule has 1 heterocycles. The molecular formula is C21H14F3O2S+. The van der Waals surface area contributed by atoms with Crippen LogP contribution in [0.5, 0.6) is 0 Å². The molecule has 6 heteroatoms. The molecule has 0 aliphatic carbocycles. The molecule has 0 aliphatic rings. The molecule has 0 N–H and O–H groups in total. The van der Waals surface area contributed by atoms with Gasteiger partial charge in [-0.1, -0.05) is 24.3 Å². The number of hydrogen-bond acceptors (Lipinski definition) is 2. The van der Waals surface area contributed by atoms with Crippen molar-refractivity contribution in [2.45, 2.75) is 6.18 Å². The molecule has 2 nitrogen and oxygen atoms in total. The van der Waals surface area contributed by atoms with Crippen molar-refractivity contribution in [2.24, 2.45) is 0 Å². The zero-order chi connectivity index (χ0) is 19.0. The quantitative estimate of drug-likeness (QED) is 0.298. The van der Waals surface area contributed by atoms with Gasteiger partial charge in [-0.15, -0.1) is 0 Å². The zero-order valence-electron chi connectivity index (χ0n) is 14.0. The molecule has 0 spiro atoms. The molecule has 0 amide bonds. The SMILES string of the molecule is O=C(OCC(F)(F)F)c1ccc(-[s+]2c3ccccc3c3ccccc32)cc1. The Bertz CT molecular complexity index is 1070. The van der Waals surface area contributed by atoms with Crippen LogP contribution >= 0.6 is 10.5 Å². The minimum absolute atomic E-state index is 0.104. The summed E-state index contributed by atoms with van der Waals surface area (Å²) in [5.74, 6) is -0.977. The number of fused-ring (bicyclic) bond motifs is 3. The molecule has 0 aliphatic heterocycles. The maximum absolute atomic E-state index is 12.2. The van der Waals surface area contributed by atoms with E-state index in [1.165, 1.54) is 32.3 Å². The van der Waals surface area contributed by atoms with Crippen LogP contribution in [0.15, 0.2) is 72.8 Å². The van der Waals surface area contributed by atoms with Crippen molar-refractivity contribution in [1.29, 1.82) is 0 Å². The van der Waals surface area contributed by atoms with Crippen molar-refractivity contribution in [3.8, 4) is 4.90 Å². The zero-order valence-corrected chi connectivity index (χ0v) is 14.8. The van der Waals surface area contributed by atoms with Crippen LogP contribution in [0, 0.1) is 0 Å². The van der Waals surface area contributed by atoms with Crippen LogP contribution in [0.1, 0.15) is 10.4 Å². The monoisotopic (exact) mass is 387 g/mol. The molecule has 0 fully saturated rings. The van der Waals surface area contributed by atoms with Crippen LogP contribution in [0.25, 0.3) is 25.1 Å². The summed E-state index contributed by atoms with van der Waals surface area (Å²) in [7, 11) is -0.312. The van der Waals surface area contributed by atoms with Gasteiger partial charge in [-0.25, -0.2) is 4.79 Å². The molecule has 3 aromatic carbocycles. The molecular weight excluding hydrogens is 373 g/mol. The molecule has 0 radical (unpaired) electrons. The van der Waals surface area contributed by atoms with Crippen molar-refractivity contribution in [3.05, 3.63) is 78.4 Å². The van der Waals surface area contributed by atoms with E-state index in [0.29, 0.717) is 0 Å².